The van der Waals surface area contributed by atoms with Crippen LogP contribution in [-0.2, 0) is 0 Å². The van der Waals surface area contributed by atoms with E-state index in [9.17, 15) is 0 Å². The molecule has 2 rings (SSSR count). The maximum absolute atomic E-state index is 6.18. The molecule has 0 atom stereocenters. The number of hydrogen-bond donors (Lipinski definition) is 1. The van der Waals surface area contributed by atoms with Crippen LogP contribution in [0, 0.1) is 6.92 Å². The van der Waals surface area contributed by atoms with E-state index in [1.54, 1.807) is 18.3 Å². The van der Waals surface area contributed by atoms with Crippen LogP contribution < -0.4 is 10.2 Å². The van der Waals surface area contributed by atoms with Crippen molar-refractivity contribution in [1.82, 2.24) is 4.98 Å². The zero-order valence-electron chi connectivity index (χ0n) is 11.9. The number of nitrogens with zero attached hydrogens (tertiary/aromatic N) is 2. The summed E-state index contributed by atoms with van der Waals surface area (Å²) >= 11 is 13.8. The van der Waals surface area contributed by atoms with Crippen molar-refractivity contribution in [3.05, 3.63) is 38.8 Å². The summed E-state index contributed by atoms with van der Waals surface area (Å²) in [7, 11) is 0. The SMILES string of the molecule is Cc1csc(NN=Cc2cc(Cl)c(OC(C)C)c(Cl)c2)n1. The van der Waals surface area contributed by atoms with E-state index >= 15 is 0 Å². The normalized spacial score (nSPS) is 11.3. The highest BCUT2D eigenvalue weighted by Gasteiger charge is 2.10. The molecule has 21 heavy (non-hydrogen) atoms. The van der Waals surface area contributed by atoms with Gasteiger partial charge in [0.1, 0.15) is 0 Å². The fourth-order valence-electron chi connectivity index (χ4n) is 1.57. The van der Waals surface area contributed by atoms with Gasteiger partial charge in [-0.05, 0) is 38.5 Å². The van der Waals surface area contributed by atoms with Crippen molar-refractivity contribution in [2.75, 3.05) is 5.43 Å². The number of thiazole rings is 1. The number of rotatable bonds is 5. The van der Waals surface area contributed by atoms with Crippen LogP contribution >= 0.6 is 34.5 Å². The van der Waals surface area contributed by atoms with Crippen molar-refractivity contribution in [3.63, 3.8) is 0 Å². The number of halogens is 2. The van der Waals surface area contributed by atoms with E-state index in [2.05, 4.69) is 15.5 Å². The Balaban J connectivity index is 2.10. The Morgan fingerprint density at radius 1 is 1.33 bits per heavy atom. The summed E-state index contributed by atoms with van der Waals surface area (Å²) in [4.78, 5) is 4.25. The molecule has 0 unspecified atom stereocenters. The van der Waals surface area contributed by atoms with E-state index in [-0.39, 0.29) is 6.10 Å². The van der Waals surface area contributed by atoms with Gasteiger partial charge in [-0.15, -0.1) is 11.3 Å². The first kappa shape index (κ1) is 16.1. The van der Waals surface area contributed by atoms with Gasteiger partial charge in [0.25, 0.3) is 0 Å². The van der Waals surface area contributed by atoms with E-state index in [1.165, 1.54) is 11.3 Å². The molecule has 0 aliphatic carbocycles. The Morgan fingerprint density at radius 2 is 2.00 bits per heavy atom. The molecule has 0 saturated heterocycles. The summed E-state index contributed by atoms with van der Waals surface area (Å²) in [5.41, 5.74) is 4.60. The van der Waals surface area contributed by atoms with Crippen LogP contribution in [0.4, 0.5) is 5.13 Å². The number of nitrogens with one attached hydrogen (secondary N) is 1. The highest BCUT2D eigenvalue weighted by atomic mass is 35.5. The number of aromatic nitrogens is 1. The van der Waals surface area contributed by atoms with Gasteiger partial charge >= 0.3 is 0 Å². The molecule has 0 amide bonds. The maximum atomic E-state index is 6.18. The Kier molecular flexibility index (Phi) is 5.45. The standard InChI is InChI=1S/C14H15Cl2N3OS/c1-8(2)20-13-11(15)4-10(5-12(13)16)6-17-19-14-18-9(3)7-21-14/h4-8H,1-3H3,(H,18,19). The highest BCUT2D eigenvalue weighted by molar-refractivity contribution is 7.13. The van der Waals surface area contributed by atoms with Gasteiger partial charge in [-0.2, -0.15) is 5.10 Å². The molecule has 1 aromatic heterocycles. The first-order chi connectivity index (χ1) is 9.95. The largest absolute Gasteiger partial charge is 0.488 e. The van der Waals surface area contributed by atoms with E-state index in [0.717, 1.165) is 16.4 Å². The van der Waals surface area contributed by atoms with Crippen molar-refractivity contribution >= 4 is 45.9 Å². The smallest absolute Gasteiger partial charge is 0.203 e. The number of anilines is 1. The summed E-state index contributed by atoms with van der Waals surface area (Å²) in [6.45, 7) is 5.77. The summed E-state index contributed by atoms with van der Waals surface area (Å²) in [6, 6.07) is 3.51. The summed E-state index contributed by atoms with van der Waals surface area (Å²) < 4.78 is 5.57. The van der Waals surface area contributed by atoms with E-state index in [1.807, 2.05) is 26.2 Å². The van der Waals surface area contributed by atoms with Gasteiger partial charge in [-0.25, -0.2) is 4.98 Å². The predicted molar refractivity (Wildman–Crippen MR) is 90.3 cm³/mol. The van der Waals surface area contributed by atoms with Gasteiger partial charge < -0.3 is 4.74 Å². The lowest BCUT2D eigenvalue weighted by Gasteiger charge is -2.13. The molecule has 0 aliphatic rings. The Morgan fingerprint density at radius 3 is 2.52 bits per heavy atom. The number of hydrogen-bond acceptors (Lipinski definition) is 5. The second kappa shape index (κ2) is 7.11. The third-order valence-corrected chi connectivity index (χ3v) is 3.79. The molecular weight excluding hydrogens is 329 g/mol. The lowest BCUT2D eigenvalue weighted by molar-refractivity contribution is 0.243. The van der Waals surface area contributed by atoms with Gasteiger partial charge in [0, 0.05) is 5.38 Å². The number of benzene rings is 1. The molecule has 0 saturated carbocycles. The molecule has 1 N–H and O–H groups in total. The van der Waals surface area contributed by atoms with Crippen LogP contribution in [0.15, 0.2) is 22.6 Å². The lowest BCUT2D eigenvalue weighted by Crippen LogP contribution is -2.06. The zero-order chi connectivity index (χ0) is 15.4. The Labute approximate surface area is 137 Å². The van der Waals surface area contributed by atoms with Crippen LogP contribution in [0.1, 0.15) is 25.1 Å². The van der Waals surface area contributed by atoms with Crippen LogP contribution in [0.3, 0.4) is 0 Å². The fraction of sp³-hybridized carbons (Fsp3) is 0.286. The average Bonchev–Trinajstić information content (AvgIpc) is 2.79. The minimum absolute atomic E-state index is 0.00864. The van der Waals surface area contributed by atoms with E-state index < -0.39 is 0 Å². The highest BCUT2D eigenvalue weighted by Crippen LogP contribution is 2.34. The van der Waals surface area contributed by atoms with Crippen molar-refractivity contribution in [2.45, 2.75) is 26.9 Å². The second-order valence-electron chi connectivity index (χ2n) is 4.64. The zero-order valence-corrected chi connectivity index (χ0v) is 14.2. The molecule has 2 aromatic rings. The summed E-state index contributed by atoms with van der Waals surface area (Å²) in [5, 5.41) is 7.72. The monoisotopic (exact) mass is 343 g/mol. The topological polar surface area (TPSA) is 46.5 Å². The molecule has 0 spiro atoms. The van der Waals surface area contributed by atoms with Gasteiger partial charge in [0.15, 0.2) is 5.75 Å². The number of hydrazone groups is 1. The first-order valence-electron chi connectivity index (χ1n) is 6.32. The maximum Gasteiger partial charge on any atom is 0.203 e. The number of aryl methyl sites for hydroxylation is 1. The Bertz CT molecular complexity index is 632. The lowest BCUT2D eigenvalue weighted by atomic mass is 10.2. The van der Waals surface area contributed by atoms with Crippen molar-refractivity contribution in [1.29, 1.82) is 0 Å². The molecule has 1 heterocycles. The van der Waals surface area contributed by atoms with Crippen molar-refractivity contribution in [2.24, 2.45) is 5.10 Å². The molecular formula is C14H15Cl2N3OS. The molecule has 4 nitrogen and oxygen atoms in total. The van der Waals surface area contributed by atoms with E-state index in [0.29, 0.717) is 15.8 Å². The van der Waals surface area contributed by atoms with Gasteiger partial charge in [-0.1, -0.05) is 23.2 Å². The molecule has 0 aliphatic heterocycles. The Hall–Kier alpha value is -1.30. The second-order valence-corrected chi connectivity index (χ2v) is 6.32. The molecule has 112 valence electrons. The average molecular weight is 344 g/mol. The summed E-state index contributed by atoms with van der Waals surface area (Å²) in [6.07, 6.45) is 1.64. The van der Waals surface area contributed by atoms with Crippen LogP contribution in [0.2, 0.25) is 10.0 Å². The quantitative estimate of drug-likeness (QED) is 0.614. The molecule has 0 bridgehead atoms. The van der Waals surface area contributed by atoms with E-state index in [4.69, 9.17) is 27.9 Å². The van der Waals surface area contributed by atoms with Gasteiger partial charge in [-0.3, -0.25) is 5.43 Å². The third-order valence-electron chi connectivity index (χ3n) is 2.37. The van der Waals surface area contributed by atoms with Gasteiger partial charge in [0.05, 0.1) is 28.1 Å². The van der Waals surface area contributed by atoms with Gasteiger partial charge in [0.2, 0.25) is 5.13 Å². The molecule has 7 heteroatoms. The fourth-order valence-corrected chi connectivity index (χ4v) is 2.80. The van der Waals surface area contributed by atoms with Crippen LogP contribution in [-0.4, -0.2) is 17.3 Å². The molecule has 0 radical (unpaired) electrons. The minimum atomic E-state index is 0.00864. The van der Waals surface area contributed by atoms with Crippen LogP contribution in [0.5, 0.6) is 5.75 Å². The third kappa shape index (κ3) is 4.59. The minimum Gasteiger partial charge on any atom is -0.488 e. The van der Waals surface area contributed by atoms with Crippen LogP contribution in [0.25, 0.3) is 0 Å². The first-order valence-corrected chi connectivity index (χ1v) is 7.96. The van der Waals surface area contributed by atoms with Crippen molar-refractivity contribution in [3.8, 4) is 5.75 Å². The summed E-state index contributed by atoms with van der Waals surface area (Å²) in [5.74, 6) is 0.494. The number of ether oxygens (including phenoxy) is 1. The predicted octanol–water partition coefficient (Wildman–Crippen LogP) is 4.99. The molecule has 1 aromatic carbocycles. The molecule has 0 fully saturated rings. The van der Waals surface area contributed by atoms with Crippen molar-refractivity contribution < 1.29 is 4.74 Å².